The van der Waals surface area contributed by atoms with Gasteiger partial charge in [-0.2, -0.15) is 0 Å². The molecule has 18 heavy (non-hydrogen) atoms. The minimum absolute atomic E-state index is 0.00136. The standard InChI is InChI=1S/C11H16N4O3/c1-7(2)14(4)11(16)9-5-8(15(17)18)6-13-10(9)12-3/h5-7H,1-4H3,(H,12,13). The smallest absolute Gasteiger partial charge is 0.288 e. The van der Waals surface area contributed by atoms with Crippen molar-refractivity contribution in [2.75, 3.05) is 19.4 Å². The van der Waals surface area contributed by atoms with Crippen molar-refractivity contribution < 1.29 is 9.72 Å². The molecule has 7 heteroatoms. The number of aromatic nitrogens is 1. The first-order valence-electron chi connectivity index (χ1n) is 5.47. The Hall–Kier alpha value is -2.18. The van der Waals surface area contributed by atoms with E-state index in [4.69, 9.17) is 0 Å². The second-order valence-electron chi connectivity index (χ2n) is 4.11. The second kappa shape index (κ2) is 5.44. The van der Waals surface area contributed by atoms with Crippen molar-refractivity contribution in [3.8, 4) is 0 Å². The van der Waals surface area contributed by atoms with Crippen LogP contribution in [0.2, 0.25) is 0 Å². The average Bonchev–Trinajstić information content (AvgIpc) is 2.35. The number of carbonyl (C=O) groups excluding carboxylic acids is 1. The zero-order chi connectivity index (χ0) is 13.9. The minimum Gasteiger partial charge on any atom is -0.372 e. The summed E-state index contributed by atoms with van der Waals surface area (Å²) in [5.74, 6) is 0.0312. The molecule has 0 fully saturated rings. The van der Waals surface area contributed by atoms with Crippen molar-refractivity contribution in [3.05, 3.63) is 27.9 Å². The van der Waals surface area contributed by atoms with Crippen molar-refractivity contribution in [2.24, 2.45) is 0 Å². The van der Waals surface area contributed by atoms with E-state index in [1.54, 1.807) is 14.1 Å². The van der Waals surface area contributed by atoms with Gasteiger partial charge in [-0.1, -0.05) is 0 Å². The van der Waals surface area contributed by atoms with E-state index < -0.39 is 4.92 Å². The summed E-state index contributed by atoms with van der Waals surface area (Å²) < 4.78 is 0. The highest BCUT2D eigenvalue weighted by molar-refractivity contribution is 5.99. The van der Waals surface area contributed by atoms with E-state index in [9.17, 15) is 14.9 Å². The van der Waals surface area contributed by atoms with E-state index in [-0.39, 0.29) is 23.2 Å². The number of pyridine rings is 1. The molecule has 1 amide bonds. The van der Waals surface area contributed by atoms with Crippen LogP contribution in [0.15, 0.2) is 12.3 Å². The lowest BCUT2D eigenvalue weighted by Crippen LogP contribution is -2.33. The zero-order valence-electron chi connectivity index (χ0n) is 10.8. The summed E-state index contributed by atoms with van der Waals surface area (Å²) in [5, 5.41) is 13.5. The monoisotopic (exact) mass is 252 g/mol. The van der Waals surface area contributed by atoms with Gasteiger partial charge >= 0.3 is 0 Å². The largest absolute Gasteiger partial charge is 0.372 e. The fourth-order valence-corrected chi connectivity index (χ4v) is 1.34. The number of nitro groups is 1. The molecule has 0 saturated carbocycles. The van der Waals surface area contributed by atoms with E-state index in [1.807, 2.05) is 13.8 Å². The summed E-state index contributed by atoms with van der Waals surface area (Å²) in [6.45, 7) is 3.73. The molecular weight excluding hydrogens is 236 g/mol. The highest BCUT2D eigenvalue weighted by Gasteiger charge is 2.21. The van der Waals surface area contributed by atoms with Crippen molar-refractivity contribution in [1.82, 2.24) is 9.88 Å². The van der Waals surface area contributed by atoms with Gasteiger partial charge in [-0.25, -0.2) is 4.98 Å². The number of hydrogen-bond donors (Lipinski definition) is 1. The van der Waals surface area contributed by atoms with Gasteiger partial charge in [0.25, 0.3) is 11.6 Å². The van der Waals surface area contributed by atoms with E-state index in [1.165, 1.54) is 11.0 Å². The SMILES string of the molecule is CNc1ncc([N+](=O)[O-])cc1C(=O)N(C)C(C)C. The molecule has 0 unspecified atom stereocenters. The van der Waals surface area contributed by atoms with Crippen LogP contribution in [0.1, 0.15) is 24.2 Å². The van der Waals surface area contributed by atoms with Gasteiger partial charge in [-0.3, -0.25) is 14.9 Å². The fraction of sp³-hybridized carbons (Fsp3) is 0.455. The lowest BCUT2D eigenvalue weighted by atomic mass is 10.2. The minimum atomic E-state index is -0.571. The molecule has 1 aromatic rings. The van der Waals surface area contributed by atoms with Gasteiger partial charge in [0, 0.05) is 26.2 Å². The van der Waals surface area contributed by atoms with Crippen LogP contribution in [0.3, 0.4) is 0 Å². The summed E-state index contributed by atoms with van der Waals surface area (Å²) in [6, 6.07) is 1.24. The predicted octanol–water partition coefficient (Wildman–Crippen LogP) is 1.51. The molecule has 0 aliphatic rings. The lowest BCUT2D eigenvalue weighted by molar-refractivity contribution is -0.385. The Bertz CT molecular complexity index is 473. The first-order chi connectivity index (χ1) is 8.38. The zero-order valence-corrected chi connectivity index (χ0v) is 10.8. The Morgan fingerprint density at radius 2 is 2.17 bits per heavy atom. The molecule has 1 heterocycles. The number of amides is 1. The normalized spacial score (nSPS) is 10.3. The van der Waals surface area contributed by atoms with Gasteiger partial charge in [0.2, 0.25) is 0 Å². The first kappa shape index (κ1) is 13.9. The van der Waals surface area contributed by atoms with Crippen molar-refractivity contribution in [1.29, 1.82) is 0 Å². The van der Waals surface area contributed by atoms with Crippen LogP contribution in [0.5, 0.6) is 0 Å². The molecule has 0 radical (unpaired) electrons. The molecule has 1 aromatic heterocycles. The molecule has 1 N–H and O–H groups in total. The van der Waals surface area contributed by atoms with Crippen LogP contribution in [0, 0.1) is 10.1 Å². The second-order valence-corrected chi connectivity index (χ2v) is 4.11. The molecule has 0 aromatic carbocycles. The van der Waals surface area contributed by atoms with Crippen LogP contribution >= 0.6 is 0 Å². The van der Waals surface area contributed by atoms with E-state index in [0.717, 1.165) is 6.20 Å². The number of anilines is 1. The molecule has 7 nitrogen and oxygen atoms in total. The highest BCUT2D eigenvalue weighted by Crippen LogP contribution is 2.20. The maximum Gasteiger partial charge on any atom is 0.288 e. The number of nitrogens with zero attached hydrogens (tertiary/aromatic N) is 3. The van der Waals surface area contributed by atoms with E-state index in [0.29, 0.717) is 5.82 Å². The van der Waals surface area contributed by atoms with Crippen LogP contribution in [-0.4, -0.2) is 40.9 Å². The van der Waals surface area contributed by atoms with Gasteiger partial charge < -0.3 is 10.2 Å². The van der Waals surface area contributed by atoms with E-state index >= 15 is 0 Å². The molecule has 1 rings (SSSR count). The van der Waals surface area contributed by atoms with Crippen molar-refractivity contribution in [3.63, 3.8) is 0 Å². The van der Waals surface area contributed by atoms with Crippen molar-refractivity contribution in [2.45, 2.75) is 19.9 Å². The third-order valence-electron chi connectivity index (χ3n) is 2.65. The van der Waals surface area contributed by atoms with E-state index in [2.05, 4.69) is 10.3 Å². The fourth-order valence-electron chi connectivity index (χ4n) is 1.34. The highest BCUT2D eigenvalue weighted by atomic mass is 16.6. The maximum atomic E-state index is 12.2. The third-order valence-corrected chi connectivity index (χ3v) is 2.65. The Morgan fingerprint density at radius 1 is 1.56 bits per heavy atom. The van der Waals surface area contributed by atoms with Gasteiger partial charge in [-0.05, 0) is 13.8 Å². The summed E-state index contributed by atoms with van der Waals surface area (Å²) in [5.41, 5.74) is -0.00240. The maximum absolute atomic E-state index is 12.2. The van der Waals surface area contributed by atoms with Crippen LogP contribution in [-0.2, 0) is 0 Å². The van der Waals surface area contributed by atoms with Gasteiger partial charge in [0.15, 0.2) is 0 Å². The van der Waals surface area contributed by atoms with Crippen molar-refractivity contribution >= 4 is 17.4 Å². The Labute approximate surface area is 105 Å². The topological polar surface area (TPSA) is 88.4 Å². The third kappa shape index (κ3) is 2.73. The number of carbonyl (C=O) groups is 1. The molecular formula is C11H16N4O3. The van der Waals surface area contributed by atoms with Gasteiger partial charge in [0.1, 0.15) is 12.0 Å². The molecule has 0 atom stereocenters. The number of nitrogens with one attached hydrogen (secondary N) is 1. The van der Waals surface area contributed by atoms with Crippen LogP contribution in [0.4, 0.5) is 11.5 Å². The summed E-state index contributed by atoms with van der Waals surface area (Å²) in [4.78, 5) is 27.7. The Kier molecular flexibility index (Phi) is 4.19. The van der Waals surface area contributed by atoms with Gasteiger partial charge in [0.05, 0.1) is 10.5 Å². The Balaban J connectivity index is 3.23. The molecule has 0 spiro atoms. The van der Waals surface area contributed by atoms with Crippen LogP contribution in [0.25, 0.3) is 0 Å². The van der Waals surface area contributed by atoms with Gasteiger partial charge in [-0.15, -0.1) is 0 Å². The number of hydrogen-bond acceptors (Lipinski definition) is 5. The molecule has 0 bridgehead atoms. The first-order valence-corrected chi connectivity index (χ1v) is 5.47. The predicted molar refractivity (Wildman–Crippen MR) is 67.7 cm³/mol. The molecule has 0 aliphatic heterocycles. The summed E-state index contributed by atoms with van der Waals surface area (Å²) in [7, 11) is 3.26. The molecule has 0 saturated heterocycles. The van der Waals surface area contributed by atoms with Crippen LogP contribution < -0.4 is 5.32 Å². The summed E-state index contributed by atoms with van der Waals surface area (Å²) >= 11 is 0. The quantitative estimate of drug-likeness (QED) is 0.648. The molecule has 0 aliphatic carbocycles. The lowest BCUT2D eigenvalue weighted by Gasteiger charge is -2.22. The average molecular weight is 252 g/mol. The molecule has 98 valence electrons. The summed E-state index contributed by atoms with van der Waals surface area (Å²) in [6.07, 6.45) is 1.12. The Morgan fingerprint density at radius 3 is 2.61 bits per heavy atom. The number of rotatable bonds is 4.